The lowest BCUT2D eigenvalue weighted by atomic mass is 10.2. The van der Waals surface area contributed by atoms with E-state index in [1.807, 2.05) is 24.1 Å². The number of aryl methyl sites for hydroxylation is 1. The zero-order valence-corrected chi connectivity index (χ0v) is 14.5. The number of nitrogens with zero attached hydrogens (tertiary/aromatic N) is 4. The minimum absolute atomic E-state index is 0.195. The summed E-state index contributed by atoms with van der Waals surface area (Å²) in [6.45, 7) is 3.55. The van der Waals surface area contributed by atoms with Gasteiger partial charge in [-0.2, -0.15) is 5.10 Å². The first kappa shape index (κ1) is 15.0. The second kappa shape index (κ2) is 6.52. The Morgan fingerprint density at radius 2 is 2.35 bits per heavy atom. The molecule has 120 valence electrons. The Morgan fingerprint density at radius 1 is 1.39 bits per heavy atom. The fourth-order valence-electron chi connectivity index (χ4n) is 2.77. The summed E-state index contributed by atoms with van der Waals surface area (Å²) in [5, 5.41) is 9.51. The van der Waals surface area contributed by atoms with Crippen LogP contribution in [0.1, 0.15) is 16.7 Å². The molecule has 0 aliphatic carbocycles. The van der Waals surface area contributed by atoms with Crippen molar-refractivity contribution in [3.05, 3.63) is 45.9 Å². The van der Waals surface area contributed by atoms with Crippen molar-refractivity contribution in [2.45, 2.75) is 12.6 Å². The SMILES string of the molecule is Cn1cc(-c2nc(CN3CCOC(c4cccs4)C3)cs2)cn1. The molecule has 1 aliphatic rings. The van der Waals surface area contributed by atoms with Gasteiger partial charge < -0.3 is 4.74 Å². The van der Waals surface area contributed by atoms with E-state index in [9.17, 15) is 0 Å². The van der Waals surface area contributed by atoms with Crippen LogP contribution in [0.15, 0.2) is 35.3 Å². The van der Waals surface area contributed by atoms with Crippen molar-refractivity contribution in [2.75, 3.05) is 19.7 Å². The number of aromatic nitrogens is 3. The lowest BCUT2D eigenvalue weighted by molar-refractivity contribution is -0.0314. The van der Waals surface area contributed by atoms with Gasteiger partial charge in [0, 0.05) is 48.7 Å². The van der Waals surface area contributed by atoms with Crippen LogP contribution in [-0.2, 0) is 18.3 Å². The second-order valence-electron chi connectivity index (χ2n) is 5.66. The molecule has 0 radical (unpaired) electrons. The van der Waals surface area contributed by atoms with Crippen LogP contribution in [0.25, 0.3) is 10.6 Å². The smallest absolute Gasteiger partial charge is 0.126 e. The molecule has 1 aliphatic heterocycles. The highest BCUT2D eigenvalue weighted by molar-refractivity contribution is 7.13. The van der Waals surface area contributed by atoms with Crippen LogP contribution in [0.4, 0.5) is 0 Å². The maximum Gasteiger partial charge on any atom is 0.126 e. The minimum atomic E-state index is 0.195. The molecule has 1 saturated heterocycles. The minimum Gasteiger partial charge on any atom is -0.370 e. The molecule has 0 N–H and O–H groups in total. The summed E-state index contributed by atoms with van der Waals surface area (Å²) in [6, 6.07) is 4.24. The Morgan fingerprint density at radius 3 is 3.13 bits per heavy atom. The molecule has 1 fully saturated rings. The average molecular weight is 346 g/mol. The molecule has 3 aromatic heterocycles. The molecule has 0 bridgehead atoms. The lowest BCUT2D eigenvalue weighted by Crippen LogP contribution is -2.37. The normalized spacial score (nSPS) is 19.3. The van der Waals surface area contributed by atoms with E-state index in [4.69, 9.17) is 9.72 Å². The van der Waals surface area contributed by atoms with Crippen LogP contribution in [-0.4, -0.2) is 39.4 Å². The maximum absolute atomic E-state index is 5.91. The average Bonchev–Trinajstić information content (AvgIpc) is 3.28. The molecule has 0 spiro atoms. The summed E-state index contributed by atoms with van der Waals surface area (Å²) in [6.07, 6.45) is 4.06. The van der Waals surface area contributed by atoms with E-state index in [1.165, 1.54) is 4.88 Å². The number of thiazole rings is 1. The zero-order valence-electron chi connectivity index (χ0n) is 12.9. The van der Waals surface area contributed by atoms with Crippen LogP contribution >= 0.6 is 22.7 Å². The summed E-state index contributed by atoms with van der Waals surface area (Å²) < 4.78 is 7.72. The van der Waals surface area contributed by atoms with Crippen molar-refractivity contribution in [1.29, 1.82) is 0 Å². The maximum atomic E-state index is 5.91. The monoisotopic (exact) mass is 346 g/mol. The second-order valence-corrected chi connectivity index (χ2v) is 7.49. The van der Waals surface area contributed by atoms with E-state index in [-0.39, 0.29) is 6.10 Å². The predicted octanol–water partition coefficient (Wildman–Crippen LogP) is 3.18. The summed E-state index contributed by atoms with van der Waals surface area (Å²) in [4.78, 5) is 8.50. The summed E-state index contributed by atoms with van der Waals surface area (Å²) in [5.74, 6) is 0. The third-order valence-electron chi connectivity index (χ3n) is 3.90. The number of hydrogen-bond acceptors (Lipinski definition) is 6. The van der Waals surface area contributed by atoms with Crippen LogP contribution < -0.4 is 0 Å². The van der Waals surface area contributed by atoms with Crippen LogP contribution in [0, 0.1) is 0 Å². The molecule has 1 atom stereocenters. The van der Waals surface area contributed by atoms with E-state index in [1.54, 1.807) is 22.7 Å². The predicted molar refractivity (Wildman–Crippen MR) is 92.6 cm³/mol. The Balaban J connectivity index is 1.43. The third-order valence-corrected chi connectivity index (χ3v) is 5.80. The fourth-order valence-corrected chi connectivity index (χ4v) is 4.32. The highest BCUT2D eigenvalue weighted by atomic mass is 32.1. The van der Waals surface area contributed by atoms with E-state index >= 15 is 0 Å². The molecule has 5 nitrogen and oxygen atoms in total. The number of thiophene rings is 1. The van der Waals surface area contributed by atoms with Gasteiger partial charge in [0.1, 0.15) is 11.1 Å². The Bertz CT molecular complexity index is 765. The van der Waals surface area contributed by atoms with Gasteiger partial charge >= 0.3 is 0 Å². The largest absolute Gasteiger partial charge is 0.370 e. The summed E-state index contributed by atoms with van der Waals surface area (Å²) in [7, 11) is 1.93. The Kier molecular flexibility index (Phi) is 4.26. The molecule has 0 aromatic carbocycles. The van der Waals surface area contributed by atoms with Gasteiger partial charge in [0.15, 0.2) is 0 Å². The van der Waals surface area contributed by atoms with Crippen LogP contribution in [0.5, 0.6) is 0 Å². The van der Waals surface area contributed by atoms with Gasteiger partial charge in [0.2, 0.25) is 0 Å². The molecular formula is C16H18N4OS2. The van der Waals surface area contributed by atoms with Gasteiger partial charge in [-0.3, -0.25) is 9.58 Å². The van der Waals surface area contributed by atoms with Crippen molar-refractivity contribution in [3.63, 3.8) is 0 Å². The van der Waals surface area contributed by atoms with Crippen molar-refractivity contribution in [2.24, 2.45) is 7.05 Å². The highest BCUT2D eigenvalue weighted by Crippen LogP contribution is 2.28. The Labute approximate surface area is 143 Å². The molecule has 4 heterocycles. The third kappa shape index (κ3) is 3.37. The number of morpholine rings is 1. The first-order valence-electron chi connectivity index (χ1n) is 7.59. The molecule has 0 saturated carbocycles. The van der Waals surface area contributed by atoms with Gasteiger partial charge in [-0.25, -0.2) is 4.98 Å². The van der Waals surface area contributed by atoms with Gasteiger partial charge in [-0.1, -0.05) is 6.07 Å². The molecule has 0 amide bonds. The fraction of sp³-hybridized carbons (Fsp3) is 0.375. The van der Waals surface area contributed by atoms with E-state index in [2.05, 4.69) is 32.9 Å². The topological polar surface area (TPSA) is 43.2 Å². The molecule has 3 aromatic rings. The number of rotatable bonds is 4. The molecule has 7 heteroatoms. The summed E-state index contributed by atoms with van der Waals surface area (Å²) in [5.41, 5.74) is 2.21. The van der Waals surface area contributed by atoms with Gasteiger partial charge in [-0.15, -0.1) is 22.7 Å². The number of hydrogen-bond donors (Lipinski definition) is 0. The number of ether oxygens (including phenoxy) is 1. The Hall–Kier alpha value is -1.54. The van der Waals surface area contributed by atoms with Crippen molar-refractivity contribution >= 4 is 22.7 Å². The van der Waals surface area contributed by atoms with Gasteiger partial charge in [-0.05, 0) is 11.4 Å². The lowest BCUT2D eigenvalue weighted by Gasteiger charge is -2.31. The standard InChI is InChI=1S/C16H18N4OS2/c1-19-8-12(7-17-19)16-18-13(11-23-16)9-20-4-5-21-14(10-20)15-3-2-6-22-15/h2-3,6-8,11,14H,4-5,9-10H2,1H3. The van der Waals surface area contributed by atoms with Crippen molar-refractivity contribution < 1.29 is 4.74 Å². The molecular weight excluding hydrogens is 328 g/mol. The van der Waals surface area contributed by atoms with E-state index < -0.39 is 0 Å². The zero-order chi connectivity index (χ0) is 15.6. The van der Waals surface area contributed by atoms with E-state index in [0.29, 0.717) is 0 Å². The van der Waals surface area contributed by atoms with Gasteiger partial charge in [0.05, 0.1) is 18.5 Å². The molecule has 1 unspecified atom stereocenters. The van der Waals surface area contributed by atoms with Crippen LogP contribution in [0.2, 0.25) is 0 Å². The van der Waals surface area contributed by atoms with E-state index in [0.717, 1.165) is 42.5 Å². The van der Waals surface area contributed by atoms with Crippen LogP contribution in [0.3, 0.4) is 0 Å². The van der Waals surface area contributed by atoms with Crippen molar-refractivity contribution in [3.8, 4) is 10.6 Å². The highest BCUT2D eigenvalue weighted by Gasteiger charge is 2.23. The van der Waals surface area contributed by atoms with Crippen molar-refractivity contribution in [1.82, 2.24) is 19.7 Å². The quantitative estimate of drug-likeness (QED) is 0.728. The first-order chi connectivity index (χ1) is 11.3. The molecule has 4 rings (SSSR count). The molecule has 23 heavy (non-hydrogen) atoms. The summed E-state index contributed by atoms with van der Waals surface area (Å²) >= 11 is 3.45. The first-order valence-corrected chi connectivity index (χ1v) is 9.34. The van der Waals surface area contributed by atoms with Gasteiger partial charge in [0.25, 0.3) is 0 Å².